The SMILES string of the molecule is Cc1ccc(C=Nc2cccc(C3=NN(c4ccccc4)C(c4ccc(F)cc4)C3)c2)cc1. The monoisotopic (exact) mass is 433 g/mol. The number of nitrogens with zero attached hydrogens (tertiary/aromatic N) is 3. The predicted octanol–water partition coefficient (Wildman–Crippen LogP) is 7.24. The average Bonchev–Trinajstić information content (AvgIpc) is 3.31. The van der Waals surface area contributed by atoms with Crippen LogP contribution in [0.5, 0.6) is 0 Å². The van der Waals surface area contributed by atoms with Crippen LogP contribution in [0.15, 0.2) is 113 Å². The number of benzene rings is 4. The third-order valence-corrected chi connectivity index (χ3v) is 5.81. The topological polar surface area (TPSA) is 28.0 Å². The lowest BCUT2D eigenvalue weighted by Crippen LogP contribution is -2.18. The number of hydrogen-bond donors (Lipinski definition) is 0. The van der Waals surface area contributed by atoms with Crippen molar-refractivity contribution in [2.45, 2.75) is 19.4 Å². The molecule has 0 saturated carbocycles. The van der Waals surface area contributed by atoms with Crippen LogP contribution in [-0.2, 0) is 0 Å². The minimum Gasteiger partial charge on any atom is -0.257 e. The summed E-state index contributed by atoms with van der Waals surface area (Å²) in [5.74, 6) is -0.233. The molecule has 1 aliphatic rings. The predicted molar refractivity (Wildman–Crippen MR) is 134 cm³/mol. The maximum absolute atomic E-state index is 13.5. The number of hydrazone groups is 1. The van der Waals surface area contributed by atoms with E-state index >= 15 is 0 Å². The summed E-state index contributed by atoms with van der Waals surface area (Å²) in [5, 5.41) is 7.01. The van der Waals surface area contributed by atoms with Gasteiger partial charge >= 0.3 is 0 Å². The molecule has 3 nitrogen and oxygen atoms in total. The molecule has 0 fully saturated rings. The molecule has 33 heavy (non-hydrogen) atoms. The van der Waals surface area contributed by atoms with Gasteiger partial charge in [-0.05, 0) is 60.0 Å². The first-order valence-electron chi connectivity index (χ1n) is 11.0. The zero-order valence-electron chi connectivity index (χ0n) is 18.4. The van der Waals surface area contributed by atoms with Crippen LogP contribution in [0.25, 0.3) is 0 Å². The number of aliphatic imine (C=N–C) groups is 1. The van der Waals surface area contributed by atoms with Gasteiger partial charge in [0.2, 0.25) is 0 Å². The second-order valence-corrected chi connectivity index (χ2v) is 8.22. The average molecular weight is 434 g/mol. The Hall–Kier alpha value is -4.05. The highest BCUT2D eigenvalue weighted by Crippen LogP contribution is 2.37. The van der Waals surface area contributed by atoms with E-state index in [1.54, 1.807) is 0 Å². The molecule has 0 aliphatic carbocycles. The summed E-state index contributed by atoms with van der Waals surface area (Å²) in [5.41, 5.74) is 7.25. The number of aryl methyl sites for hydroxylation is 1. The molecule has 0 radical (unpaired) electrons. The van der Waals surface area contributed by atoms with Gasteiger partial charge in [-0.15, -0.1) is 0 Å². The van der Waals surface area contributed by atoms with Gasteiger partial charge in [-0.3, -0.25) is 10.0 Å². The van der Waals surface area contributed by atoms with Gasteiger partial charge in [-0.25, -0.2) is 4.39 Å². The fourth-order valence-electron chi connectivity index (χ4n) is 4.02. The molecule has 1 atom stereocenters. The Labute approximate surface area is 193 Å². The van der Waals surface area contributed by atoms with Gasteiger partial charge < -0.3 is 0 Å². The van der Waals surface area contributed by atoms with Crippen LogP contribution < -0.4 is 5.01 Å². The number of anilines is 1. The normalized spacial score (nSPS) is 15.8. The van der Waals surface area contributed by atoms with Crippen molar-refractivity contribution in [2.75, 3.05) is 5.01 Å². The van der Waals surface area contributed by atoms with Crippen molar-refractivity contribution in [3.8, 4) is 0 Å². The molecule has 1 aliphatic heterocycles. The quantitative estimate of drug-likeness (QED) is 0.305. The van der Waals surface area contributed by atoms with Gasteiger partial charge in [0.15, 0.2) is 0 Å². The van der Waals surface area contributed by atoms with Crippen molar-refractivity contribution in [2.24, 2.45) is 10.1 Å². The molecule has 5 rings (SSSR count). The summed E-state index contributed by atoms with van der Waals surface area (Å²) in [6, 6.07) is 33.2. The zero-order valence-corrected chi connectivity index (χ0v) is 18.4. The van der Waals surface area contributed by atoms with Gasteiger partial charge in [0.05, 0.1) is 23.1 Å². The van der Waals surface area contributed by atoms with E-state index in [1.807, 2.05) is 65.8 Å². The van der Waals surface area contributed by atoms with Crippen LogP contribution >= 0.6 is 0 Å². The Morgan fingerprint density at radius 1 is 0.879 bits per heavy atom. The Balaban J connectivity index is 1.45. The van der Waals surface area contributed by atoms with Gasteiger partial charge in [-0.2, -0.15) is 5.10 Å². The van der Waals surface area contributed by atoms with Crippen molar-refractivity contribution in [1.29, 1.82) is 0 Å². The lowest BCUT2D eigenvalue weighted by atomic mass is 9.98. The molecular weight excluding hydrogens is 409 g/mol. The minimum absolute atomic E-state index is 0.00251. The zero-order chi connectivity index (χ0) is 22.6. The van der Waals surface area contributed by atoms with E-state index in [1.165, 1.54) is 17.7 Å². The Kier molecular flexibility index (Phi) is 5.81. The van der Waals surface area contributed by atoms with E-state index in [9.17, 15) is 4.39 Å². The maximum atomic E-state index is 13.5. The fraction of sp³-hybridized carbons (Fsp3) is 0.103. The summed E-state index contributed by atoms with van der Waals surface area (Å²) in [6.45, 7) is 2.07. The van der Waals surface area contributed by atoms with E-state index in [2.05, 4.69) is 48.3 Å². The highest BCUT2D eigenvalue weighted by molar-refractivity contribution is 6.04. The number of para-hydroxylation sites is 1. The van der Waals surface area contributed by atoms with Gasteiger partial charge in [-0.1, -0.05) is 72.3 Å². The van der Waals surface area contributed by atoms with Crippen molar-refractivity contribution in [3.63, 3.8) is 0 Å². The fourth-order valence-corrected chi connectivity index (χ4v) is 4.02. The lowest BCUT2D eigenvalue weighted by Gasteiger charge is -2.23. The largest absolute Gasteiger partial charge is 0.257 e. The second-order valence-electron chi connectivity index (χ2n) is 8.22. The van der Waals surface area contributed by atoms with Gasteiger partial charge in [0, 0.05) is 12.6 Å². The smallest absolute Gasteiger partial charge is 0.123 e. The standard InChI is InChI=1S/C29H24FN3/c1-21-10-12-22(13-11-21)20-31-26-7-5-6-24(18-26)28-19-29(23-14-16-25(30)17-15-23)33(32-28)27-8-3-2-4-9-27/h2-18,20,29H,19H2,1H3. The number of rotatable bonds is 5. The molecular formula is C29H24FN3. The van der Waals surface area contributed by atoms with Gasteiger partial charge in [0.1, 0.15) is 5.82 Å². The number of hydrogen-bond acceptors (Lipinski definition) is 3. The van der Waals surface area contributed by atoms with E-state index in [4.69, 9.17) is 5.10 Å². The third kappa shape index (κ3) is 4.75. The summed E-state index contributed by atoms with van der Waals surface area (Å²) in [4.78, 5) is 4.67. The molecule has 1 unspecified atom stereocenters. The van der Waals surface area contributed by atoms with Crippen molar-refractivity contribution in [3.05, 3.63) is 131 Å². The Morgan fingerprint density at radius 3 is 2.39 bits per heavy atom. The van der Waals surface area contributed by atoms with Crippen molar-refractivity contribution >= 4 is 23.3 Å². The minimum atomic E-state index is -0.233. The summed E-state index contributed by atoms with van der Waals surface area (Å²) >= 11 is 0. The van der Waals surface area contributed by atoms with Crippen LogP contribution in [0.1, 0.15) is 34.7 Å². The molecule has 0 amide bonds. The molecule has 0 saturated heterocycles. The molecule has 0 spiro atoms. The lowest BCUT2D eigenvalue weighted by molar-refractivity contribution is 0.624. The molecule has 4 aromatic rings. The summed E-state index contributed by atoms with van der Waals surface area (Å²) < 4.78 is 13.5. The van der Waals surface area contributed by atoms with E-state index in [0.717, 1.165) is 40.2 Å². The molecule has 1 heterocycles. The highest BCUT2D eigenvalue weighted by atomic mass is 19.1. The molecule has 4 aromatic carbocycles. The summed E-state index contributed by atoms with van der Waals surface area (Å²) in [6.07, 6.45) is 2.61. The third-order valence-electron chi connectivity index (χ3n) is 5.81. The van der Waals surface area contributed by atoms with E-state index in [-0.39, 0.29) is 11.9 Å². The Morgan fingerprint density at radius 2 is 1.64 bits per heavy atom. The molecule has 0 N–H and O–H groups in total. The Bertz CT molecular complexity index is 1290. The van der Waals surface area contributed by atoms with Crippen molar-refractivity contribution < 1.29 is 4.39 Å². The molecule has 4 heteroatoms. The first-order chi connectivity index (χ1) is 16.2. The molecule has 0 bridgehead atoms. The first kappa shape index (κ1) is 20.8. The van der Waals surface area contributed by atoms with Gasteiger partial charge in [0.25, 0.3) is 0 Å². The van der Waals surface area contributed by atoms with E-state index in [0.29, 0.717) is 0 Å². The van der Waals surface area contributed by atoms with Crippen LogP contribution in [0.2, 0.25) is 0 Å². The van der Waals surface area contributed by atoms with Crippen LogP contribution in [0.4, 0.5) is 15.8 Å². The first-order valence-corrected chi connectivity index (χ1v) is 11.0. The van der Waals surface area contributed by atoms with Crippen LogP contribution in [0.3, 0.4) is 0 Å². The molecule has 0 aromatic heterocycles. The number of halogens is 1. The highest BCUT2D eigenvalue weighted by Gasteiger charge is 2.29. The second kappa shape index (κ2) is 9.21. The van der Waals surface area contributed by atoms with E-state index < -0.39 is 0 Å². The van der Waals surface area contributed by atoms with Crippen LogP contribution in [0, 0.1) is 12.7 Å². The van der Waals surface area contributed by atoms with Crippen LogP contribution in [-0.4, -0.2) is 11.9 Å². The molecule has 162 valence electrons. The van der Waals surface area contributed by atoms with Crippen molar-refractivity contribution in [1.82, 2.24) is 0 Å². The maximum Gasteiger partial charge on any atom is 0.123 e. The summed E-state index contributed by atoms with van der Waals surface area (Å²) in [7, 11) is 0.